The van der Waals surface area contributed by atoms with Crippen LogP contribution < -0.4 is 10.2 Å². The first-order valence-electron chi connectivity index (χ1n) is 7.51. The van der Waals surface area contributed by atoms with Gasteiger partial charge in [0.2, 0.25) is 0 Å². The van der Waals surface area contributed by atoms with Gasteiger partial charge in [0.05, 0.1) is 5.69 Å². The van der Waals surface area contributed by atoms with Crippen LogP contribution in [0.2, 0.25) is 0 Å². The van der Waals surface area contributed by atoms with Gasteiger partial charge < -0.3 is 10.2 Å². The number of hydrogen-bond acceptors (Lipinski definition) is 4. The number of nitrogens with zero attached hydrogens (tertiary/aromatic N) is 4. The van der Waals surface area contributed by atoms with Gasteiger partial charge in [-0.25, -0.2) is 0 Å². The van der Waals surface area contributed by atoms with Gasteiger partial charge in [-0.1, -0.05) is 6.07 Å². The second-order valence-electron chi connectivity index (χ2n) is 5.88. The summed E-state index contributed by atoms with van der Waals surface area (Å²) in [6, 6.07) is 4.79. The van der Waals surface area contributed by atoms with Crippen LogP contribution in [0.3, 0.4) is 0 Å². The van der Waals surface area contributed by atoms with Crippen molar-refractivity contribution in [2.24, 2.45) is 7.05 Å². The molecule has 21 heavy (non-hydrogen) atoms. The minimum atomic E-state index is 0.709. The Hall–Kier alpha value is -1.88. The summed E-state index contributed by atoms with van der Waals surface area (Å²) in [5.74, 6) is 1.18. The fraction of sp³-hybridized carbons (Fsp3) is 0.500. The highest BCUT2D eigenvalue weighted by atomic mass is 15.4. The predicted molar refractivity (Wildman–Crippen MR) is 84.2 cm³/mol. The average molecular weight is 285 g/mol. The van der Waals surface area contributed by atoms with E-state index in [1.54, 1.807) is 0 Å². The van der Waals surface area contributed by atoms with Crippen molar-refractivity contribution in [1.29, 1.82) is 0 Å². The van der Waals surface area contributed by atoms with E-state index < -0.39 is 0 Å². The molecule has 1 fully saturated rings. The van der Waals surface area contributed by atoms with Crippen LogP contribution in [0.25, 0.3) is 0 Å². The lowest BCUT2D eigenvalue weighted by atomic mass is 10.2. The molecule has 1 saturated carbocycles. The molecule has 0 aliphatic heterocycles. The highest BCUT2D eigenvalue weighted by Crippen LogP contribution is 2.26. The molecule has 1 N–H and O–H groups in total. The van der Waals surface area contributed by atoms with Gasteiger partial charge in [-0.05, 0) is 31.4 Å². The van der Waals surface area contributed by atoms with Gasteiger partial charge in [0.15, 0.2) is 0 Å². The maximum atomic E-state index is 4.59. The third-order valence-corrected chi connectivity index (χ3v) is 3.96. The summed E-state index contributed by atoms with van der Waals surface area (Å²) in [4.78, 5) is 6.44. The second-order valence-corrected chi connectivity index (χ2v) is 5.88. The van der Waals surface area contributed by atoms with Crippen LogP contribution >= 0.6 is 0 Å². The van der Waals surface area contributed by atoms with Crippen molar-refractivity contribution < 1.29 is 0 Å². The number of aryl methyl sites for hydroxylation is 2. The van der Waals surface area contributed by atoms with Gasteiger partial charge in [0.1, 0.15) is 5.82 Å². The average Bonchev–Trinajstić information content (AvgIpc) is 3.23. The summed E-state index contributed by atoms with van der Waals surface area (Å²) in [7, 11) is 4.13. The molecule has 0 aromatic carbocycles. The van der Waals surface area contributed by atoms with Gasteiger partial charge in [0, 0.05) is 51.2 Å². The van der Waals surface area contributed by atoms with Crippen molar-refractivity contribution in [3.05, 3.63) is 41.3 Å². The maximum absolute atomic E-state index is 4.59. The molecule has 2 aromatic heterocycles. The third-order valence-electron chi connectivity index (χ3n) is 3.96. The molecule has 0 bridgehead atoms. The van der Waals surface area contributed by atoms with E-state index in [0.717, 1.165) is 18.8 Å². The topological polar surface area (TPSA) is 46.0 Å². The summed E-state index contributed by atoms with van der Waals surface area (Å²) in [5, 5.41) is 8.19. The summed E-state index contributed by atoms with van der Waals surface area (Å²) in [6.07, 6.45) is 6.34. The maximum Gasteiger partial charge on any atom is 0.131 e. The fourth-order valence-corrected chi connectivity index (χ4v) is 2.75. The van der Waals surface area contributed by atoms with Gasteiger partial charge in [0.25, 0.3) is 0 Å². The number of aromatic nitrogens is 3. The van der Waals surface area contributed by atoms with Crippen LogP contribution in [0.4, 0.5) is 5.82 Å². The van der Waals surface area contributed by atoms with Crippen molar-refractivity contribution in [2.75, 3.05) is 11.9 Å². The Morgan fingerprint density at radius 2 is 2.24 bits per heavy atom. The van der Waals surface area contributed by atoms with Crippen LogP contribution in [-0.4, -0.2) is 27.9 Å². The summed E-state index contributed by atoms with van der Waals surface area (Å²) < 4.78 is 1.98. The van der Waals surface area contributed by atoms with E-state index >= 15 is 0 Å². The van der Waals surface area contributed by atoms with Gasteiger partial charge >= 0.3 is 0 Å². The first kappa shape index (κ1) is 14.1. The highest BCUT2D eigenvalue weighted by Gasteiger charge is 2.23. The number of anilines is 1. The van der Waals surface area contributed by atoms with Crippen molar-refractivity contribution in [1.82, 2.24) is 20.1 Å². The lowest BCUT2D eigenvalue weighted by Gasteiger charge is -2.21. The molecule has 0 unspecified atom stereocenters. The van der Waals surface area contributed by atoms with E-state index in [-0.39, 0.29) is 0 Å². The van der Waals surface area contributed by atoms with Gasteiger partial charge in [-0.3, -0.25) is 9.67 Å². The normalized spacial score (nSPS) is 14.4. The minimum absolute atomic E-state index is 0.709. The van der Waals surface area contributed by atoms with Crippen molar-refractivity contribution >= 4 is 5.82 Å². The van der Waals surface area contributed by atoms with E-state index in [0.29, 0.717) is 6.04 Å². The minimum Gasteiger partial charge on any atom is -0.355 e. The first-order chi connectivity index (χ1) is 10.1. The molecule has 5 nitrogen and oxygen atoms in total. The fourth-order valence-electron chi connectivity index (χ4n) is 2.75. The Morgan fingerprint density at radius 3 is 2.90 bits per heavy atom. The lowest BCUT2D eigenvalue weighted by molar-refractivity contribution is 0.680. The molecule has 2 aromatic rings. The zero-order chi connectivity index (χ0) is 14.8. The molecule has 5 heteroatoms. The summed E-state index contributed by atoms with van der Waals surface area (Å²) in [6.45, 7) is 3.83. The van der Waals surface area contributed by atoms with Crippen LogP contribution in [-0.2, 0) is 20.1 Å². The third kappa shape index (κ3) is 3.24. The van der Waals surface area contributed by atoms with Crippen molar-refractivity contribution in [3.63, 3.8) is 0 Å². The molecule has 1 aliphatic carbocycles. The summed E-state index contributed by atoms with van der Waals surface area (Å²) >= 11 is 0. The Bertz CT molecular complexity index is 601. The van der Waals surface area contributed by atoms with E-state index in [1.807, 2.05) is 30.2 Å². The monoisotopic (exact) mass is 285 g/mol. The van der Waals surface area contributed by atoms with Crippen LogP contribution in [0.5, 0.6) is 0 Å². The van der Waals surface area contributed by atoms with Crippen molar-refractivity contribution in [3.8, 4) is 0 Å². The smallest absolute Gasteiger partial charge is 0.131 e. The zero-order valence-electron chi connectivity index (χ0n) is 13.0. The molecule has 0 saturated heterocycles. The lowest BCUT2D eigenvalue weighted by Crippen LogP contribution is -2.23. The van der Waals surface area contributed by atoms with Crippen LogP contribution in [0.15, 0.2) is 24.5 Å². The standard InChI is InChI=1S/C16H23N5/c1-12-15(10-18-14-6-7-14)16(21(3)19-12)20(2)11-13-5-4-8-17-9-13/h4-5,8-9,14,18H,6-7,10-11H2,1-3H3. The Morgan fingerprint density at radius 1 is 1.43 bits per heavy atom. The van der Waals surface area contributed by atoms with Gasteiger partial charge in [-0.15, -0.1) is 0 Å². The molecule has 0 spiro atoms. The van der Waals surface area contributed by atoms with E-state index in [9.17, 15) is 0 Å². The zero-order valence-corrected chi connectivity index (χ0v) is 13.0. The Kier molecular flexibility index (Phi) is 3.92. The largest absolute Gasteiger partial charge is 0.355 e. The molecule has 0 atom stereocenters. The summed E-state index contributed by atoms with van der Waals surface area (Å²) in [5.41, 5.74) is 3.62. The second kappa shape index (κ2) is 5.85. The van der Waals surface area contributed by atoms with Crippen LogP contribution in [0, 0.1) is 6.92 Å². The SMILES string of the molecule is Cc1nn(C)c(N(C)Cc2cccnc2)c1CNC1CC1. The van der Waals surface area contributed by atoms with Crippen molar-refractivity contribution in [2.45, 2.75) is 38.9 Å². The molecule has 1 aliphatic rings. The Labute approximate surface area is 126 Å². The molecule has 0 amide bonds. The molecule has 112 valence electrons. The number of hydrogen-bond donors (Lipinski definition) is 1. The highest BCUT2D eigenvalue weighted by molar-refractivity contribution is 5.50. The molecule has 2 heterocycles. The predicted octanol–water partition coefficient (Wildman–Crippen LogP) is 2.01. The van der Waals surface area contributed by atoms with E-state index in [1.165, 1.54) is 29.8 Å². The van der Waals surface area contributed by atoms with Crippen LogP contribution in [0.1, 0.15) is 29.7 Å². The molecular weight excluding hydrogens is 262 g/mol. The van der Waals surface area contributed by atoms with Gasteiger partial charge in [-0.2, -0.15) is 5.10 Å². The molecule has 0 radical (unpaired) electrons. The number of nitrogens with one attached hydrogen (secondary N) is 1. The number of rotatable bonds is 6. The number of pyridine rings is 1. The van der Waals surface area contributed by atoms with E-state index in [2.05, 4.69) is 40.3 Å². The molecule has 3 rings (SSSR count). The Balaban J connectivity index is 1.78. The molecular formula is C16H23N5. The first-order valence-corrected chi connectivity index (χ1v) is 7.51. The van der Waals surface area contributed by atoms with E-state index in [4.69, 9.17) is 0 Å². The quantitative estimate of drug-likeness (QED) is 0.882.